The number of carbonyl (C=O) groups excluding carboxylic acids is 1. The van der Waals surface area contributed by atoms with Crippen LogP contribution in [-0.4, -0.2) is 10.9 Å². The number of hydrogen-bond acceptors (Lipinski definition) is 2. The Kier molecular flexibility index (Phi) is 5.18. The second-order valence-electron chi connectivity index (χ2n) is 5.40. The monoisotopic (exact) mass is 330 g/mol. The Morgan fingerprint density at radius 3 is 2.60 bits per heavy atom. The van der Waals surface area contributed by atoms with Crippen molar-refractivity contribution in [3.8, 4) is 11.8 Å². The molecule has 4 heteroatoms. The summed E-state index contributed by atoms with van der Waals surface area (Å²) in [6.45, 7) is 0. The van der Waals surface area contributed by atoms with E-state index in [4.69, 9.17) is 0 Å². The van der Waals surface area contributed by atoms with Gasteiger partial charge in [0.15, 0.2) is 0 Å². The fourth-order valence-corrected chi connectivity index (χ4v) is 2.24. The molecule has 0 atom stereocenters. The first kappa shape index (κ1) is 16.4. The molecule has 2 aromatic carbocycles. The van der Waals surface area contributed by atoms with Gasteiger partial charge in [0, 0.05) is 17.4 Å². The highest BCUT2D eigenvalue weighted by Gasteiger charge is 2.04. The molecule has 3 nitrogen and oxygen atoms in total. The minimum Gasteiger partial charge on any atom is -0.326 e. The number of hydrogen-bond donors (Lipinski definition) is 1. The van der Waals surface area contributed by atoms with Gasteiger partial charge in [0.05, 0.1) is 6.42 Å². The van der Waals surface area contributed by atoms with Crippen LogP contribution in [0, 0.1) is 17.7 Å². The van der Waals surface area contributed by atoms with Crippen molar-refractivity contribution < 1.29 is 9.18 Å². The van der Waals surface area contributed by atoms with Crippen LogP contribution >= 0.6 is 0 Å². The van der Waals surface area contributed by atoms with Gasteiger partial charge < -0.3 is 5.32 Å². The smallest absolute Gasteiger partial charge is 0.228 e. The zero-order valence-corrected chi connectivity index (χ0v) is 13.4. The van der Waals surface area contributed by atoms with Crippen LogP contribution in [0.3, 0.4) is 0 Å². The Hall–Kier alpha value is -3.45. The van der Waals surface area contributed by atoms with Crippen molar-refractivity contribution in [1.29, 1.82) is 0 Å². The summed E-state index contributed by atoms with van der Waals surface area (Å²) >= 11 is 0. The molecule has 0 saturated heterocycles. The van der Waals surface area contributed by atoms with Crippen LogP contribution < -0.4 is 5.32 Å². The Morgan fingerprint density at radius 2 is 1.84 bits per heavy atom. The van der Waals surface area contributed by atoms with E-state index < -0.39 is 0 Å². The largest absolute Gasteiger partial charge is 0.326 e. The van der Waals surface area contributed by atoms with Crippen molar-refractivity contribution in [3.05, 3.63) is 95.6 Å². The number of aromatic nitrogens is 1. The Bertz CT molecular complexity index is 925. The normalized spacial score (nSPS) is 9.80. The molecule has 122 valence electrons. The van der Waals surface area contributed by atoms with E-state index in [9.17, 15) is 9.18 Å². The predicted molar refractivity (Wildman–Crippen MR) is 95.4 cm³/mol. The number of rotatable bonds is 3. The van der Waals surface area contributed by atoms with Gasteiger partial charge in [0.1, 0.15) is 11.5 Å². The summed E-state index contributed by atoms with van der Waals surface area (Å²) in [6, 6.07) is 18.7. The highest BCUT2D eigenvalue weighted by molar-refractivity contribution is 5.92. The second-order valence-corrected chi connectivity index (χ2v) is 5.40. The average Bonchev–Trinajstić information content (AvgIpc) is 2.63. The minimum absolute atomic E-state index is 0.165. The summed E-state index contributed by atoms with van der Waals surface area (Å²) in [7, 11) is 0. The molecule has 0 saturated carbocycles. The summed E-state index contributed by atoms with van der Waals surface area (Å²) in [5.74, 6) is 5.52. The van der Waals surface area contributed by atoms with Gasteiger partial charge in [-0.3, -0.25) is 4.79 Å². The molecule has 0 unspecified atom stereocenters. The molecular weight excluding hydrogens is 315 g/mol. The van der Waals surface area contributed by atoms with Crippen molar-refractivity contribution in [2.24, 2.45) is 0 Å². The van der Waals surface area contributed by atoms with E-state index in [0.717, 1.165) is 11.1 Å². The number of halogens is 1. The lowest BCUT2D eigenvalue weighted by Gasteiger charge is -2.06. The van der Waals surface area contributed by atoms with Gasteiger partial charge in [-0.05, 0) is 53.9 Å². The fraction of sp³-hybridized carbons (Fsp3) is 0.0476. The van der Waals surface area contributed by atoms with Gasteiger partial charge in [-0.15, -0.1) is 0 Å². The molecule has 1 N–H and O–H groups in total. The highest BCUT2D eigenvalue weighted by atomic mass is 19.1. The Labute approximate surface area is 145 Å². The molecule has 0 aliphatic rings. The van der Waals surface area contributed by atoms with Gasteiger partial charge in [0.25, 0.3) is 0 Å². The van der Waals surface area contributed by atoms with Crippen molar-refractivity contribution in [3.63, 3.8) is 0 Å². The molecule has 1 aromatic heterocycles. The SMILES string of the molecule is O=C(Cc1ccc(F)cc1)Nc1cccc(C#Cc2ccccn2)c1. The molecule has 0 radical (unpaired) electrons. The second kappa shape index (κ2) is 7.89. The standard InChI is InChI=1S/C21H15FN2O/c22-18-10-7-17(8-11-18)15-21(25)24-20-6-3-4-16(14-20)9-12-19-5-1-2-13-23-19/h1-8,10-11,13-14H,15H2,(H,24,25). The maximum Gasteiger partial charge on any atom is 0.228 e. The number of carbonyl (C=O) groups is 1. The fourth-order valence-electron chi connectivity index (χ4n) is 2.24. The van der Waals surface area contributed by atoms with Crippen molar-refractivity contribution in [2.45, 2.75) is 6.42 Å². The van der Waals surface area contributed by atoms with Crippen LogP contribution in [0.5, 0.6) is 0 Å². The zero-order chi connectivity index (χ0) is 17.5. The van der Waals surface area contributed by atoms with E-state index in [2.05, 4.69) is 22.1 Å². The molecule has 3 aromatic rings. The maximum absolute atomic E-state index is 12.9. The number of nitrogens with zero attached hydrogens (tertiary/aromatic N) is 1. The Morgan fingerprint density at radius 1 is 1.00 bits per heavy atom. The number of amides is 1. The molecule has 0 bridgehead atoms. The first-order chi connectivity index (χ1) is 12.2. The van der Waals surface area contributed by atoms with Crippen molar-refractivity contribution in [2.75, 3.05) is 5.32 Å². The van der Waals surface area contributed by atoms with E-state index in [0.29, 0.717) is 11.4 Å². The third-order valence-corrected chi connectivity index (χ3v) is 3.42. The third-order valence-electron chi connectivity index (χ3n) is 3.42. The molecule has 1 amide bonds. The molecule has 0 aliphatic heterocycles. The number of anilines is 1. The minimum atomic E-state index is -0.316. The molecule has 0 spiro atoms. The summed E-state index contributed by atoms with van der Waals surface area (Å²) in [5.41, 5.74) is 2.89. The summed E-state index contributed by atoms with van der Waals surface area (Å²) in [6.07, 6.45) is 1.88. The van der Waals surface area contributed by atoms with E-state index in [1.54, 1.807) is 30.5 Å². The molecule has 25 heavy (non-hydrogen) atoms. The van der Waals surface area contributed by atoms with E-state index in [1.807, 2.05) is 30.3 Å². The van der Waals surface area contributed by atoms with Gasteiger partial charge in [0.2, 0.25) is 5.91 Å². The lowest BCUT2D eigenvalue weighted by atomic mass is 10.1. The quantitative estimate of drug-likeness (QED) is 0.742. The van der Waals surface area contributed by atoms with E-state index in [1.165, 1.54) is 12.1 Å². The average molecular weight is 330 g/mol. The first-order valence-electron chi connectivity index (χ1n) is 7.76. The van der Waals surface area contributed by atoms with Crippen molar-refractivity contribution in [1.82, 2.24) is 4.98 Å². The first-order valence-corrected chi connectivity index (χ1v) is 7.76. The number of nitrogens with one attached hydrogen (secondary N) is 1. The maximum atomic E-state index is 12.9. The van der Waals surface area contributed by atoms with E-state index >= 15 is 0 Å². The molecule has 0 aliphatic carbocycles. The molecular formula is C21H15FN2O. The lowest BCUT2D eigenvalue weighted by Crippen LogP contribution is -2.14. The van der Waals surface area contributed by atoms with Gasteiger partial charge in [-0.1, -0.05) is 30.2 Å². The van der Waals surface area contributed by atoms with Crippen molar-refractivity contribution >= 4 is 11.6 Å². The summed E-state index contributed by atoms with van der Waals surface area (Å²) in [5, 5.41) is 2.83. The number of benzene rings is 2. The topological polar surface area (TPSA) is 42.0 Å². The molecule has 1 heterocycles. The Balaban J connectivity index is 1.66. The van der Waals surface area contributed by atoms with Crippen LogP contribution in [0.4, 0.5) is 10.1 Å². The zero-order valence-electron chi connectivity index (χ0n) is 13.4. The highest BCUT2D eigenvalue weighted by Crippen LogP contribution is 2.11. The van der Waals surface area contributed by atoms with Crippen LogP contribution in [0.15, 0.2) is 72.9 Å². The number of pyridine rings is 1. The van der Waals surface area contributed by atoms with E-state index in [-0.39, 0.29) is 18.1 Å². The molecule has 3 rings (SSSR count). The third kappa shape index (κ3) is 5.02. The van der Waals surface area contributed by atoms with Gasteiger partial charge in [-0.25, -0.2) is 9.37 Å². The summed E-state index contributed by atoms with van der Waals surface area (Å²) in [4.78, 5) is 16.3. The van der Waals surface area contributed by atoms with Gasteiger partial charge >= 0.3 is 0 Å². The van der Waals surface area contributed by atoms with Crippen LogP contribution in [0.1, 0.15) is 16.8 Å². The predicted octanol–water partition coefficient (Wildman–Crippen LogP) is 3.80. The van der Waals surface area contributed by atoms with Crippen LogP contribution in [0.25, 0.3) is 0 Å². The van der Waals surface area contributed by atoms with Gasteiger partial charge in [-0.2, -0.15) is 0 Å². The summed E-state index contributed by atoms with van der Waals surface area (Å²) < 4.78 is 12.9. The van der Waals surface area contributed by atoms with Crippen LogP contribution in [-0.2, 0) is 11.2 Å². The molecule has 0 fully saturated rings. The lowest BCUT2D eigenvalue weighted by molar-refractivity contribution is -0.115. The van der Waals surface area contributed by atoms with Crippen LogP contribution in [0.2, 0.25) is 0 Å².